The molecule has 9 heteroatoms. The van der Waals surface area contributed by atoms with Crippen molar-refractivity contribution in [2.75, 3.05) is 15.9 Å². The smallest absolute Gasteiger partial charge is 0.324 e. The molecule has 0 saturated carbocycles. The van der Waals surface area contributed by atoms with Gasteiger partial charge in [0.1, 0.15) is 6.04 Å². The minimum atomic E-state index is -4.48. The zero-order chi connectivity index (χ0) is 21.1. The van der Waals surface area contributed by atoms with Gasteiger partial charge in [-0.2, -0.15) is 13.2 Å². The number of nitrogens with one attached hydrogen (secondary N) is 1. The number of hydrogen-bond donors (Lipinski definition) is 1. The normalized spacial score (nSPS) is 13.1. The van der Waals surface area contributed by atoms with Crippen LogP contribution in [0.5, 0.6) is 0 Å². The summed E-state index contributed by atoms with van der Waals surface area (Å²) in [5.74, 6) is -0.630. The minimum Gasteiger partial charge on any atom is -0.324 e. The molecular formula is C19H21F3N2O3S. The highest BCUT2D eigenvalue weighted by Gasteiger charge is 2.32. The highest BCUT2D eigenvalue weighted by Crippen LogP contribution is 2.30. The van der Waals surface area contributed by atoms with E-state index in [9.17, 15) is 26.4 Å². The van der Waals surface area contributed by atoms with Crippen LogP contribution < -0.4 is 9.62 Å². The van der Waals surface area contributed by atoms with Crippen LogP contribution in [0.1, 0.15) is 24.5 Å². The van der Waals surface area contributed by atoms with Crippen molar-refractivity contribution >= 4 is 27.3 Å². The van der Waals surface area contributed by atoms with E-state index in [4.69, 9.17) is 0 Å². The number of rotatable bonds is 6. The van der Waals surface area contributed by atoms with Crippen molar-refractivity contribution in [3.8, 4) is 0 Å². The summed E-state index contributed by atoms with van der Waals surface area (Å²) in [7, 11) is -3.79. The average molecular weight is 414 g/mol. The largest absolute Gasteiger partial charge is 0.416 e. The summed E-state index contributed by atoms with van der Waals surface area (Å²) in [6.07, 6.45) is -3.30. The second-order valence-corrected chi connectivity index (χ2v) is 8.25. The van der Waals surface area contributed by atoms with E-state index in [-0.39, 0.29) is 12.1 Å². The van der Waals surface area contributed by atoms with Gasteiger partial charge in [0.25, 0.3) is 0 Å². The van der Waals surface area contributed by atoms with E-state index in [1.807, 2.05) is 0 Å². The van der Waals surface area contributed by atoms with Crippen molar-refractivity contribution < 1.29 is 26.4 Å². The first-order chi connectivity index (χ1) is 12.9. The number of nitrogens with zero attached hydrogens (tertiary/aromatic N) is 1. The Hall–Kier alpha value is -2.55. The molecule has 0 radical (unpaired) electrons. The molecule has 0 spiro atoms. The molecule has 0 aromatic heterocycles. The van der Waals surface area contributed by atoms with E-state index in [0.717, 1.165) is 40.4 Å². The van der Waals surface area contributed by atoms with Gasteiger partial charge in [-0.3, -0.25) is 9.10 Å². The predicted molar refractivity (Wildman–Crippen MR) is 103 cm³/mol. The lowest BCUT2D eigenvalue weighted by molar-refractivity contribution is -0.137. The van der Waals surface area contributed by atoms with Crippen molar-refractivity contribution in [1.29, 1.82) is 0 Å². The lowest BCUT2D eigenvalue weighted by Crippen LogP contribution is -2.47. The van der Waals surface area contributed by atoms with Gasteiger partial charge in [0.05, 0.1) is 17.5 Å². The Balaban J connectivity index is 2.32. The Labute approximate surface area is 162 Å². The molecule has 0 bridgehead atoms. The molecule has 0 aliphatic heterocycles. The maximum atomic E-state index is 12.7. The highest BCUT2D eigenvalue weighted by atomic mass is 32.2. The molecule has 2 rings (SSSR count). The summed E-state index contributed by atoms with van der Waals surface area (Å²) in [4.78, 5) is 12.7. The van der Waals surface area contributed by atoms with Gasteiger partial charge < -0.3 is 5.32 Å². The Kier molecular flexibility index (Phi) is 6.38. The van der Waals surface area contributed by atoms with Crippen LogP contribution in [0.4, 0.5) is 24.5 Å². The monoisotopic (exact) mass is 414 g/mol. The van der Waals surface area contributed by atoms with E-state index < -0.39 is 33.7 Å². The maximum Gasteiger partial charge on any atom is 0.416 e. The van der Waals surface area contributed by atoms with E-state index in [2.05, 4.69) is 5.32 Å². The van der Waals surface area contributed by atoms with Crippen LogP contribution in [-0.4, -0.2) is 26.6 Å². The van der Waals surface area contributed by atoms with Gasteiger partial charge in [0.15, 0.2) is 0 Å². The molecular weight excluding hydrogens is 393 g/mol. The third kappa shape index (κ3) is 5.25. The maximum absolute atomic E-state index is 12.7. The van der Waals surface area contributed by atoms with Crippen molar-refractivity contribution in [2.24, 2.45) is 0 Å². The second-order valence-electron chi connectivity index (χ2n) is 6.39. The molecule has 0 fully saturated rings. The summed E-state index contributed by atoms with van der Waals surface area (Å²) in [5.41, 5.74) is 0.477. The molecule has 1 atom stereocenters. The average Bonchev–Trinajstić information content (AvgIpc) is 2.57. The summed E-state index contributed by atoms with van der Waals surface area (Å²) >= 11 is 0. The summed E-state index contributed by atoms with van der Waals surface area (Å²) in [5, 5.41) is 2.50. The number of amides is 1. The van der Waals surface area contributed by atoms with Crippen LogP contribution >= 0.6 is 0 Å². The third-order valence-electron chi connectivity index (χ3n) is 4.07. The van der Waals surface area contributed by atoms with Crippen molar-refractivity contribution in [2.45, 2.75) is 32.5 Å². The Bertz CT molecular complexity index is 942. The fraction of sp³-hybridized carbons (Fsp3) is 0.316. The molecule has 0 heterocycles. The van der Waals surface area contributed by atoms with Crippen LogP contribution in [0.25, 0.3) is 0 Å². The Morgan fingerprint density at radius 2 is 1.75 bits per heavy atom. The summed E-state index contributed by atoms with van der Waals surface area (Å²) in [6, 6.07) is 9.62. The Morgan fingerprint density at radius 1 is 1.14 bits per heavy atom. The molecule has 0 unspecified atom stereocenters. The van der Waals surface area contributed by atoms with Crippen LogP contribution in [-0.2, 0) is 21.0 Å². The first-order valence-corrected chi connectivity index (χ1v) is 10.3. The van der Waals surface area contributed by atoms with E-state index in [0.29, 0.717) is 5.69 Å². The van der Waals surface area contributed by atoms with E-state index >= 15 is 0 Å². The van der Waals surface area contributed by atoms with Crippen LogP contribution in [0.2, 0.25) is 0 Å². The SMILES string of the molecule is CC[C@@H](C(=O)Nc1ccc(C(F)(F)F)cc1)N(c1cccc(C)c1)S(C)(=O)=O. The van der Waals surface area contributed by atoms with Gasteiger partial charge in [-0.1, -0.05) is 19.1 Å². The fourth-order valence-corrected chi connectivity index (χ4v) is 4.00. The number of benzene rings is 2. The molecule has 2 aromatic rings. The second kappa shape index (κ2) is 8.22. The van der Waals surface area contributed by atoms with Gasteiger partial charge in [0.2, 0.25) is 15.9 Å². The fourth-order valence-electron chi connectivity index (χ4n) is 2.79. The van der Waals surface area contributed by atoms with Crippen molar-refractivity contribution in [1.82, 2.24) is 0 Å². The van der Waals surface area contributed by atoms with Gasteiger partial charge in [-0.25, -0.2) is 8.42 Å². The van der Waals surface area contributed by atoms with Crippen LogP contribution in [0.3, 0.4) is 0 Å². The quantitative estimate of drug-likeness (QED) is 0.771. The molecule has 5 nitrogen and oxygen atoms in total. The summed E-state index contributed by atoms with van der Waals surface area (Å²) in [6.45, 7) is 3.46. The minimum absolute atomic E-state index is 0.147. The van der Waals surface area contributed by atoms with Crippen LogP contribution in [0.15, 0.2) is 48.5 Å². The van der Waals surface area contributed by atoms with Gasteiger partial charge in [-0.05, 0) is 55.3 Å². The van der Waals surface area contributed by atoms with Gasteiger partial charge in [-0.15, -0.1) is 0 Å². The molecule has 28 heavy (non-hydrogen) atoms. The molecule has 1 amide bonds. The van der Waals surface area contributed by atoms with Gasteiger partial charge in [0, 0.05) is 5.69 Å². The van der Waals surface area contributed by atoms with E-state index in [1.54, 1.807) is 38.1 Å². The number of anilines is 2. The molecule has 2 aromatic carbocycles. The van der Waals surface area contributed by atoms with Crippen molar-refractivity contribution in [3.05, 3.63) is 59.7 Å². The van der Waals surface area contributed by atoms with Crippen molar-refractivity contribution in [3.63, 3.8) is 0 Å². The van der Waals surface area contributed by atoms with Gasteiger partial charge >= 0.3 is 6.18 Å². The molecule has 1 N–H and O–H groups in total. The zero-order valence-corrected chi connectivity index (χ0v) is 16.4. The first-order valence-electron chi connectivity index (χ1n) is 8.47. The molecule has 0 aliphatic carbocycles. The number of halogens is 3. The number of hydrogen-bond acceptors (Lipinski definition) is 3. The topological polar surface area (TPSA) is 66.5 Å². The molecule has 0 aliphatic rings. The molecule has 152 valence electrons. The van der Waals surface area contributed by atoms with E-state index in [1.165, 1.54) is 0 Å². The lowest BCUT2D eigenvalue weighted by atomic mass is 10.1. The third-order valence-corrected chi connectivity index (χ3v) is 5.25. The highest BCUT2D eigenvalue weighted by molar-refractivity contribution is 7.92. The molecule has 0 saturated heterocycles. The lowest BCUT2D eigenvalue weighted by Gasteiger charge is -2.30. The number of sulfonamides is 1. The van der Waals surface area contributed by atoms with Crippen LogP contribution in [0, 0.1) is 6.92 Å². The predicted octanol–water partition coefficient (Wildman–Crippen LogP) is 4.20. The first kappa shape index (κ1) is 21.7. The zero-order valence-electron chi connectivity index (χ0n) is 15.6. The summed E-state index contributed by atoms with van der Waals surface area (Å²) < 4.78 is 63.8. The number of aryl methyl sites for hydroxylation is 1. The number of alkyl halides is 3. The number of carbonyl (C=O) groups excluding carboxylic acids is 1. The standard InChI is InChI=1S/C19H21F3N2O3S/c1-4-17(24(28(3,26)27)16-7-5-6-13(2)12-16)18(25)23-15-10-8-14(9-11-15)19(20,21)22/h5-12,17H,4H2,1-3H3,(H,23,25)/t17-/m0/s1. The Morgan fingerprint density at radius 3 is 2.21 bits per heavy atom. The number of carbonyl (C=O) groups is 1.